The Hall–Kier alpha value is -0.280. The van der Waals surface area contributed by atoms with Crippen molar-refractivity contribution in [3.8, 4) is 0 Å². The second-order valence-corrected chi connectivity index (χ2v) is 4.43. The molecule has 0 amide bonds. The molecule has 4 heteroatoms. The maximum Gasteiger partial charge on any atom is 0.105 e. The van der Waals surface area contributed by atoms with Crippen LogP contribution in [0.15, 0.2) is 18.2 Å². The summed E-state index contributed by atoms with van der Waals surface area (Å²) in [4.78, 5) is 0. The van der Waals surface area contributed by atoms with Crippen molar-refractivity contribution in [1.29, 1.82) is 0 Å². The summed E-state index contributed by atoms with van der Waals surface area (Å²) in [5.41, 5.74) is -0.0737. The number of rotatable bonds is 1. The third kappa shape index (κ3) is 1.75. The Kier molecular flexibility index (Phi) is 2.71. The molecule has 1 atom stereocenters. The zero-order valence-electron chi connectivity index (χ0n) is 7.56. The van der Waals surface area contributed by atoms with Gasteiger partial charge in [0.15, 0.2) is 0 Å². The number of halogens is 2. The molecule has 1 aromatic carbocycles. The summed E-state index contributed by atoms with van der Waals surface area (Å²) in [6.07, 6.45) is 0.689. The standard InChI is InChI=1S/C10H11Cl2NO/c11-7-1-2-8(9(12)5-7)10(14)3-4-13-6-10/h1-2,5,13-14H,3-4,6H2. The highest BCUT2D eigenvalue weighted by atomic mass is 35.5. The Morgan fingerprint density at radius 3 is 2.71 bits per heavy atom. The number of β-amino-alcohol motifs (C(OH)–C–C–N with tert-alkyl or cyclic N) is 1. The van der Waals surface area contributed by atoms with Gasteiger partial charge in [-0.3, -0.25) is 0 Å². The molecule has 1 heterocycles. The first-order chi connectivity index (χ1) is 6.62. The van der Waals surface area contributed by atoms with Gasteiger partial charge in [0.05, 0.1) is 0 Å². The van der Waals surface area contributed by atoms with E-state index in [1.54, 1.807) is 18.2 Å². The van der Waals surface area contributed by atoms with Crippen molar-refractivity contribution < 1.29 is 5.11 Å². The van der Waals surface area contributed by atoms with Gasteiger partial charge in [-0.1, -0.05) is 29.3 Å². The van der Waals surface area contributed by atoms with E-state index in [0.29, 0.717) is 23.0 Å². The fourth-order valence-corrected chi connectivity index (χ4v) is 2.36. The molecular weight excluding hydrogens is 221 g/mol. The van der Waals surface area contributed by atoms with E-state index in [1.807, 2.05) is 0 Å². The molecule has 1 unspecified atom stereocenters. The Morgan fingerprint density at radius 2 is 2.14 bits per heavy atom. The van der Waals surface area contributed by atoms with Gasteiger partial charge in [0.2, 0.25) is 0 Å². The average Bonchev–Trinajstić information content (AvgIpc) is 2.52. The summed E-state index contributed by atoms with van der Waals surface area (Å²) >= 11 is 11.8. The Balaban J connectivity index is 2.40. The maximum absolute atomic E-state index is 10.2. The summed E-state index contributed by atoms with van der Waals surface area (Å²) in [7, 11) is 0. The summed E-state index contributed by atoms with van der Waals surface area (Å²) in [5, 5.41) is 14.5. The van der Waals surface area contributed by atoms with Gasteiger partial charge in [-0.15, -0.1) is 0 Å². The lowest BCUT2D eigenvalue weighted by Crippen LogP contribution is -2.28. The summed E-state index contributed by atoms with van der Waals surface area (Å²) in [6, 6.07) is 5.20. The summed E-state index contributed by atoms with van der Waals surface area (Å²) in [6.45, 7) is 1.36. The molecule has 0 radical (unpaired) electrons. The SMILES string of the molecule is OC1(c2ccc(Cl)cc2Cl)CCNC1. The van der Waals surface area contributed by atoms with Crippen LogP contribution in [0.4, 0.5) is 0 Å². The molecule has 1 aliphatic heterocycles. The van der Waals surface area contributed by atoms with E-state index in [9.17, 15) is 5.11 Å². The fourth-order valence-electron chi connectivity index (χ4n) is 1.78. The van der Waals surface area contributed by atoms with Crippen molar-refractivity contribution in [3.63, 3.8) is 0 Å². The minimum Gasteiger partial charge on any atom is -0.384 e. The van der Waals surface area contributed by atoms with Crippen LogP contribution in [0.5, 0.6) is 0 Å². The van der Waals surface area contributed by atoms with Gasteiger partial charge < -0.3 is 10.4 Å². The summed E-state index contributed by atoms with van der Waals surface area (Å²) < 4.78 is 0. The molecule has 0 spiro atoms. The first kappa shape index (κ1) is 10.2. The van der Waals surface area contributed by atoms with Crippen molar-refractivity contribution in [2.45, 2.75) is 12.0 Å². The first-order valence-corrected chi connectivity index (χ1v) is 5.26. The van der Waals surface area contributed by atoms with Gasteiger partial charge in [-0.2, -0.15) is 0 Å². The maximum atomic E-state index is 10.2. The van der Waals surface area contributed by atoms with Crippen LogP contribution in [0.25, 0.3) is 0 Å². The number of hydrogen-bond acceptors (Lipinski definition) is 2. The van der Waals surface area contributed by atoms with Crippen molar-refractivity contribution in [2.24, 2.45) is 0 Å². The molecule has 1 aliphatic rings. The Morgan fingerprint density at radius 1 is 1.36 bits per heavy atom. The molecular formula is C10H11Cl2NO. The van der Waals surface area contributed by atoms with E-state index in [2.05, 4.69) is 5.32 Å². The number of benzene rings is 1. The lowest BCUT2D eigenvalue weighted by atomic mass is 9.93. The second kappa shape index (κ2) is 3.70. The van der Waals surface area contributed by atoms with E-state index in [0.717, 1.165) is 12.1 Å². The highest BCUT2D eigenvalue weighted by Gasteiger charge is 2.34. The van der Waals surface area contributed by atoms with Crippen molar-refractivity contribution >= 4 is 23.2 Å². The van der Waals surface area contributed by atoms with Gasteiger partial charge >= 0.3 is 0 Å². The van der Waals surface area contributed by atoms with Crippen LogP contribution in [0.1, 0.15) is 12.0 Å². The summed E-state index contributed by atoms with van der Waals surface area (Å²) in [5.74, 6) is 0. The van der Waals surface area contributed by atoms with Gasteiger partial charge in [0.1, 0.15) is 5.60 Å². The van der Waals surface area contributed by atoms with E-state index >= 15 is 0 Å². The predicted molar refractivity (Wildman–Crippen MR) is 57.8 cm³/mol. The largest absolute Gasteiger partial charge is 0.384 e. The van der Waals surface area contributed by atoms with Crippen molar-refractivity contribution in [2.75, 3.05) is 13.1 Å². The van der Waals surface area contributed by atoms with Crippen LogP contribution in [0, 0.1) is 0 Å². The second-order valence-electron chi connectivity index (χ2n) is 3.58. The van der Waals surface area contributed by atoms with E-state index in [4.69, 9.17) is 23.2 Å². The van der Waals surface area contributed by atoms with Crippen molar-refractivity contribution in [1.82, 2.24) is 5.32 Å². The molecule has 0 aromatic heterocycles. The molecule has 0 aliphatic carbocycles. The van der Waals surface area contributed by atoms with Crippen LogP contribution < -0.4 is 5.32 Å². The molecule has 0 bridgehead atoms. The normalized spacial score (nSPS) is 26.8. The molecule has 76 valence electrons. The van der Waals surface area contributed by atoms with Crippen LogP contribution in [-0.4, -0.2) is 18.2 Å². The highest BCUT2D eigenvalue weighted by Crippen LogP contribution is 2.34. The monoisotopic (exact) mass is 231 g/mol. The highest BCUT2D eigenvalue weighted by molar-refractivity contribution is 6.35. The van der Waals surface area contributed by atoms with Gasteiger partial charge in [-0.25, -0.2) is 0 Å². The minimum absolute atomic E-state index is 0.531. The van der Waals surface area contributed by atoms with Crippen LogP contribution in [0.2, 0.25) is 10.0 Å². The quantitative estimate of drug-likeness (QED) is 0.777. The fraction of sp³-hybridized carbons (Fsp3) is 0.400. The van der Waals surface area contributed by atoms with E-state index in [1.165, 1.54) is 0 Å². The number of aliphatic hydroxyl groups is 1. The first-order valence-electron chi connectivity index (χ1n) is 4.50. The smallest absolute Gasteiger partial charge is 0.105 e. The zero-order valence-corrected chi connectivity index (χ0v) is 9.07. The number of nitrogens with one attached hydrogen (secondary N) is 1. The lowest BCUT2D eigenvalue weighted by Gasteiger charge is -2.23. The Bertz CT molecular complexity index is 348. The zero-order chi connectivity index (χ0) is 10.2. The van der Waals surface area contributed by atoms with Crippen molar-refractivity contribution in [3.05, 3.63) is 33.8 Å². The van der Waals surface area contributed by atoms with Crippen LogP contribution >= 0.6 is 23.2 Å². The molecule has 1 aromatic rings. The third-order valence-corrected chi connectivity index (χ3v) is 3.11. The molecule has 1 saturated heterocycles. The predicted octanol–water partition coefficient (Wildman–Crippen LogP) is 2.17. The minimum atomic E-state index is -0.832. The van der Waals surface area contributed by atoms with E-state index in [-0.39, 0.29) is 0 Å². The molecule has 2 N–H and O–H groups in total. The lowest BCUT2D eigenvalue weighted by molar-refractivity contribution is 0.0589. The average molecular weight is 232 g/mol. The topological polar surface area (TPSA) is 32.3 Å². The van der Waals surface area contributed by atoms with Crippen LogP contribution in [0.3, 0.4) is 0 Å². The third-order valence-electron chi connectivity index (χ3n) is 2.57. The van der Waals surface area contributed by atoms with Gasteiger partial charge in [0.25, 0.3) is 0 Å². The van der Waals surface area contributed by atoms with Gasteiger partial charge in [0, 0.05) is 22.2 Å². The molecule has 2 rings (SSSR count). The van der Waals surface area contributed by atoms with Gasteiger partial charge in [-0.05, 0) is 25.1 Å². The molecule has 1 fully saturated rings. The molecule has 14 heavy (non-hydrogen) atoms. The Labute approximate surface area is 92.8 Å². The molecule has 0 saturated carbocycles. The van der Waals surface area contributed by atoms with E-state index < -0.39 is 5.60 Å². The number of hydrogen-bond donors (Lipinski definition) is 2. The van der Waals surface area contributed by atoms with Crippen LogP contribution in [-0.2, 0) is 5.60 Å². The molecule has 2 nitrogen and oxygen atoms in total.